The second kappa shape index (κ2) is 7.93. The number of alkyl halides is 3. The van der Waals surface area contributed by atoms with E-state index in [-0.39, 0.29) is 0 Å². The van der Waals surface area contributed by atoms with E-state index in [1.54, 1.807) is 12.1 Å². The molecule has 2 heterocycles. The number of fused-ring (bicyclic) bond motifs is 1. The molecule has 4 rings (SSSR count). The Balaban J connectivity index is 1.33. The van der Waals surface area contributed by atoms with Gasteiger partial charge in [-0.1, -0.05) is 24.3 Å². The molecular formula is C21H22F3N3O. The number of nitrogens with zero attached hydrogens (tertiary/aromatic N) is 3. The van der Waals surface area contributed by atoms with Gasteiger partial charge in [0.15, 0.2) is 5.58 Å². The fourth-order valence-electron chi connectivity index (χ4n) is 3.58. The number of oxazole rings is 1. The number of aromatic nitrogens is 1. The van der Waals surface area contributed by atoms with Crippen LogP contribution in [0.5, 0.6) is 0 Å². The molecule has 2 aromatic carbocycles. The van der Waals surface area contributed by atoms with Crippen LogP contribution in [0.25, 0.3) is 11.1 Å². The minimum absolute atomic E-state index is 0.600. The predicted molar refractivity (Wildman–Crippen MR) is 101 cm³/mol. The van der Waals surface area contributed by atoms with Crippen molar-refractivity contribution >= 4 is 11.1 Å². The van der Waals surface area contributed by atoms with Gasteiger partial charge in [0, 0.05) is 19.6 Å². The highest BCUT2D eigenvalue weighted by Crippen LogP contribution is 2.29. The van der Waals surface area contributed by atoms with Gasteiger partial charge in [0.25, 0.3) is 0 Å². The third-order valence-electron chi connectivity index (χ3n) is 5.07. The summed E-state index contributed by atoms with van der Waals surface area (Å²) in [6, 6.07) is 13.2. The molecule has 0 spiro atoms. The molecule has 1 aliphatic rings. The van der Waals surface area contributed by atoms with Gasteiger partial charge in [0.05, 0.1) is 12.1 Å². The smallest absolute Gasteiger partial charge is 0.416 e. The maximum atomic E-state index is 12.7. The third-order valence-corrected chi connectivity index (χ3v) is 5.07. The van der Waals surface area contributed by atoms with Crippen molar-refractivity contribution in [2.24, 2.45) is 0 Å². The van der Waals surface area contributed by atoms with Crippen LogP contribution in [0.3, 0.4) is 0 Å². The molecule has 28 heavy (non-hydrogen) atoms. The van der Waals surface area contributed by atoms with Gasteiger partial charge in [-0.05, 0) is 49.3 Å². The lowest BCUT2D eigenvalue weighted by molar-refractivity contribution is -0.137. The van der Waals surface area contributed by atoms with Gasteiger partial charge in [-0.3, -0.25) is 9.80 Å². The second-order valence-corrected chi connectivity index (χ2v) is 7.18. The van der Waals surface area contributed by atoms with E-state index in [4.69, 9.17) is 4.42 Å². The number of para-hydroxylation sites is 2. The fourth-order valence-corrected chi connectivity index (χ4v) is 3.58. The van der Waals surface area contributed by atoms with Crippen molar-refractivity contribution in [2.75, 3.05) is 26.2 Å². The first-order valence-electron chi connectivity index (χ1n) is 9.43. The van der Waals surface area contributed by atoms with Crippen molar-refractivity contribution in [3.63, 3.8) is 0 Å². The highest BCUT2D eigenvalue weighted by molar-refractivity contribution is 5.72. The van der Waals surface area contributed by atoms with E-state index in [0.29, 0.717) is 13.1 Å². The Bertz CT molecular complexity index is 888. The molecule has 1 fully saturated rings. The van der Waals surface area contributed by atoms with Crippen LogP contribution in [0.2, 0.25) is 0 Å². The maximum absolute atomic E-state index is 12.7. The molecule has 1 saturated heterocycles. The molecule has 0 aliphatic carbocycles. The van der Waals surface area contributed by atoms with Gasteiger partial charge < -0.3 is 4.42 Å². The molecule has 0 radical (unpaired) electrons. The number of rotatable bonds is 4. The standard InChI is InChI=1S/C21H22F3N3O/c22-21(23,24)17-8-6-16(7-9-17)14-26-10-3-11-27(13-12-26)15-20-25-18-4-1-2-5-19(18)28-20/h1-2,4-9H,3,10-15H2. The van der Waals surface area contributed by atoms with E-state index < -0.39 is 11.7 Å². The minimum atomic E-state index is -4.29. The Morgan fingerprint density at radius 1 is 0.857 bits per heavy atom. The summed E-state index contributed by atoms with van der Waals surface area (Å²) in [7, 11) is 0. The summed E-state index contributed by atoms with van der Waals surface area (Å²) in [6.45, 7) is 4.94. The SMILES string of the molecule is FC(F)(F)c1ccc(CN2CCCN(Cc3nc4ccccc4o3)CC2)cc1. The van der Waals surface area contributed by atoms with Crippen LogP contribution in [0, 0.1) is 0 Å². The number of hydrogen-bond donors (Lipinski definition) is 0. The van der Waals surface area contributed by atoms with E-state index in [1.165, 1.54) is 0 Å². The summed E-state index contributed by atoms with van der Waals surface area (Å²) >= 11 is 0. The van der Waals surface area contributed by atoms with E-state index >= 15 is 0 Å². The van der Waals surface area contributed by atoms with Crippen molar-refractivity contribution in [3.8, 4) is 0 Å². The maximum Gasteiger partial charge on any atom is 0.416 e. The molecular weight excluding hydrogens is 367 g/mol. The van der Waals surface area contributed by atoms with E-state index in [2.05, 4.69) is 14.8 Å². The van der Waals surface area contributed by atoms with Gasteiger partial charge >= 0.3 is 6.18 Å². The number of benzene rings is 2. The Kier molecular flexibility index (Phi) is 5.37. The predicted octanol–water partition coefficient (Wildman–Crippen LogP) is 4.55. The molecule has 0 N–H and O–H groups in total. The second-order valence-electron chi connectivity index (χ2n) is 7.18. The summed E-state index contributed by atoms with van der Waals surface area (Å²) < 4.78 is 43.9. The zero-order valence-corrected chi connectivity index (χ0v) is 15.5. The lowest BCUT2D eigenvalue weighted by Gasteiger charge is -2.21. The van der Waals surface area contributed by atoms with Crippen LogP contribution in [0.1, 0.15) is 23.4 Å². The third kappa shape index (κ3) is 4.54. The topological polar surface area (TPSA) is 32.5 Å². The van der Waals surface area contributed by atoms with Gasteiger partial charge in [-0.15, -0.1) is 0 Å². The summed E-state index contributed by atoms with van der Waals surface area (Å²) in [4.78, 5) is 9.14. The Morgan fingerprint density at radius 3 is 2.21 bits per heavy atom. The van der Waals surface area contributed by atoms with Crippen LogP contribution in [0.15, 0.2) is 52.9 Å². The average Bonchev–Trinajstić information content (AvgIpc) is 2.95. The first-order chi connectivity index (χ1) is 13.5. The normalized spacial score (nSPS) is 17.1. The lowest BCUT2D eigenvalue weighted by Crippen LogP contribution is -2.30. The molecule has 0 atom stereocenters. The van der Waals surface area contributed by atoms with E-state index in [9.17, 15) is 13.2 Å². The molecule has 0 saturated carbocycles. The molecule has 7 heteroatoms. The van der Waals surface area contributed by atoms with Crippen molar-refractivity contribution in [1.29, 1.82) is 0 Å². The van der Waals surface area contributed by atoms with E-state index in [0.717, 1.165) is 67.3 Å². The fraction of sp³-hybridized carbons (Fsp3) is 0.381. The first-order valence-corrected chi connectivity index (χ1v) is 9.43. The van der Waals surface area contributed by atoms with Crippen molar-refractivity contribution < 1.29 is 17.6 Å². The molecule has 1 aromatic heterocycles. The number of hydrogen-bond acceptors (Lipinski definition) is 4. The van der Waals surface area contributed by atoms with Gasteiger partial charge in [-0.25, -0.2) is 4.98 Å². The summed E-state index contributed by atoms with van der Waals surface area (Å²) in [6.07, 6.45) is -3.28. The van der Waals surface area contributed by atoms with Crippen LogP contribution in [0.4, 0.5) is 13.2 Å². The molecule has 4 nitrogen and oxygen atoms in total. The van der Waals surface area contributed by atoms with Crippen LogP contribution < -0.4 is 0 Å². The Morgan fingerprint density at radius 2 is 1.54 bits per heavy atom. The Labute approximate surface area is 161 Å². The molecule has 1 aliphatic heterocycles. The van der Waals surface area contributed by atoms with Gasteiger partial charge in [0.2, 0.25) is 5.89 Å². The highest BCUT2D eigenvalue weighted by Gasteiger charge is 2.30. The average molecular weight is 389 g/mol. The minimum Gasteiger partial charge on any atom is -0.439 e. The largest absolute Gasteiger partial charge is 0.439 e. The van der Waals surface area contributed by atoms with Crippen molar-refractivity contribution in [3.05, 3.63) is 65.5 Å². The molecule has 148 valence electrons. The van der Waals surface area contributed by atoms with Crippen LogP contribution >= 0.6 is 0 Å². The highest BCUT2D eigenvalue weighted by atomic mass is 19.4. The lowest BCUT2D eigenvalue weighted by atomic mass is 10.1. The first kappa shape index (κ1) is 19.0. The summed E-state index contributed by atoms with van der Waals surface area (Å²) in [5.74, 6) is 0.720. The molecule has 0 unspecified atom stereocenters. The summed E-state index contributed by atoms with van der Waals surface area (Å²) in [5, 5.41) is 0. The molecule has 0 bridgehead atoms. The van der Waals surface area contributed by atoms with E-state index in [1.807, 2.05) is 24.3 Å². The van der Waals surface area contributed by atoms with Crippen molar-refractivity contribution in [2.45, 2.75) is 25.7 Å². The molecule has 0 amide bonds. The Hall–Kier alpha value is -2.38. The zero-order chi connectivity index (χ0) is 19.6. The quantitative estimate of drug-likeness (QED) is 0.655. The van der Waals surface area contributed by atoms with Crippen LogP contribution in [-0.2, 0) is 19.3 Å². The number of halogens is 3. The van der Waals surface area contributed by atoms with Crippen molar-refractivity contribution in [1.82, 2.24) is 14.8 Å². The van der Waals surface area contributed by atoms with Crippen LogP contribution in [-0.4, -0.2) is 41.0 Å². The monoisotopic (exact) mass is 389 g/mol. The zero-order valence-electron chi connectivity index (χ0n) is 15.5. The molecule has 3 aromatic rings. The van der Waals surface area contributed by atoms with Gasteiger partial charge in [0.1, 0.15) is 5.52 Å². The summed E-state index contributed by atoms with van der Waals surface area (Å²) in [5.41, 5.74) is 1.98. The van der Waals surface area contributed by atoms with Gasteiger partial charge in [-0.2, -0.15) is 13.2 Å².